The molecule has 4 heteroatoms. The van der Waals surface area contributed by atoms with Gasteiger partial charge in [0.1, 0.15) is 0 Å². The Labute approximate surface area is 120 Å². The highest BCUT2D eigenvalue weighted by Gasteiger charge is 2.22. The van der Waals surface area contributed by atoms with Gasteiger partial charge < -0.3 is 4.74 Å². The van der Waals surface area contributed by atoms with E-state index in [1.165, 1.54) is 11.1 Å². The molecule has 1 unspecified atom stereocenters. The average Bonchev–Trinajstić information content (AvgIpc) is 2.96. The molecule has 0 radical (unpaired) electrons. The van der Waals surface area contributed by atoms with Crippen LogP contribution in [0.3, 0.4) is 0 Å². The van der Waals surface area contributed by atoms with Crippen molar-refractivity contribution in [3.05, 3.63) is 53.9 Å². The van der Waals surface area contributed by atoms with E-state index in [1.54, 1.807) is 0 Å². The van der Waals surface area contributed by atoms with Crippen LogP contribution in [0.5, 0.6) is 0 Å². The van der Waals surface area contributed by atoms with Gasteiger partial charge in [0.25, 0.3) is 0 Å². The largest absolute Gasteiger partial charge is 0.371 e. The summed E-state index contributed by atoms with van der Waals surface area (Å²) in [5.41, 5.74) is 2.54. The molecule has 4 nitrogen and oxygen atoms in total. The third kappa shape index (κ3) is 3.08. The smallest absolute Gasteiger partial charge is 0.0952 e. The van der Waals surface area contributed by atoms with Crippen LogP contribution in [0, 0.1) is 0 Å². The van der Waals surface area contributed by atoms with E-state index in [1.807, 2.05) is 16.9 Å². The Hall–Kier alpha value is -1.65. The second kappa shape index (κ2) is 6.20. The molecule has 0 bridgehead atoms. The van der Waals surface area contributed by atoms with E-state index in [0.29, 0.717) is 0 Å². The van der Waals surface area contributed by atoms with Crippen LogP contribution < -0.4 is 0 Å². The second-order valence-corrected chi connectivity index (χ2v) is 5.21. The monoisotopic (exact) mass is 271 g/mol. The maximum absolute atomic E-state index is 5.90. The molecular weight excluding hydrogens is 250 g/mol. The van der Waals surface area contributed by atoms with Gasteiger partial charge in [-0.15, -0.1) is 0 Å². The minimum absolute atomic E-state index is 0.186. The van der Waals surface area contributed by atoms with Gasteiger partial charge in [0.05, 0.1) is 18.9 Å². The number of hydrogen-bond acceptors (Lipinski definition) is 3. The molecule has 1 saturated heterocycles. The number of rotatable bonds is 4. The fourth-order valence-corrected chi connectivity index (χ4v) is 2.63. The Kier molecular flexibility index (Phi) is 4.14. The number of benzene rings is 1. The van der Waals surface area contributed by atoms with Crippen LogP contribution in [-0.4, -0.2) is 34.4 Å². The highest BCUT2D eigenvalue weighted by atomic mass is 16.5. The fraction of sp³-hybridized carbons (Fsp3) is 0.438. The quantitative estimate of drug-likeness (QED) is 0.856. The van der Waals surface area contributed by atoms with Gasteiger partial charge in [-0.3, -0.25) is 9.58 Å². The average molecular weight is 271 g/mol. The lowest BCUT2D eigenvalue weighted by Gasteiger charge is -2.32. The normalized spacial score (nSPS) is 20.1. The summed E-state index contributed by atoms with van der Waals surface area (Å²) in [5, 5.41) is 4.34. The summed E-state index contributed by atoms with van der Waals surface area (Å²) in [6.45, 7) is 6.71. The van der Waals surface area contributed by atoms with E-state index >= 15 is 0 Å². The minimum atomic E-state index is 0.186. The van der Waals surface area contributed by atoms with Gasteiger partial charge in [-0.05, 0) is 12.5 Å². The van der Waals surface area contributed by atoms with Crippen molar-refractivity contribution in [2.24, 2.45) is 0 Å². The van der Waals surface area contributed by atoms with Gasteiger partial charge in [-0.2, -0.15) is 5.10 Å². The van der Waals surface area contributed by atoms with E-state index in [4.69, 9.17) is 4.74 Å². The van der Waals surface area contributed by atoms with Gasteiger partial charge in [-0.25, -0.2) is 0 Å². The van der Waals surface area contributed by atoms with Crippen molar-refractivity contribution < 1.29 is 4.74 Å². The molecule has 0 N–H and O–H groups in total. The summed E-state index contributed by atoms with van der Waals surface area (Å²) in [6.07, 6.45) is 4.29. The summed E-state index contributed by atoms with van der Waals surface area (Å²) in [4.78, 5) is 2.44. The first-order valence-corrected chi connectivity index (χ1v) is 7.25. The molecule has 0 saturated carbocycles. The molecule has 20 heavy (non-hydrogen) atoms. The second-order valence-electron chi connectivity index (χ2n) is 5.21. The van der Waals surface area contributed by atoms with Crippen molar-refractivity contribution in [1.82, 2.24) is 14.7 Å². The molecule has 1 aromatic carbocycles. The summed E-state index contributed by atoms with van der Waals surface area (Å²) < 4.78 is 7.87. The number of aryl methyl sites for hydroxylation is 1. The highest BCUT2D eigenvalue weighted by Crippen LogP contribution is 2.22. The summed E-state index contributed by atoms with van der Waals surface area (Å²) >= 11 is 0. The topological polar surface area (TPSA) is 30.3 Å². The van der Waals surface area contributed by atoms with Crippen LogP contribution >= 0.6 is 0 Å². The third-order valence-electron chi connectivity index (χ3n) is 3.74. The molecule has 0 amide bonds. The molecule has 2 heterocycles. The first-order valence-electron chi connectivity index (χ1n) is 7.25. The Morgan fingerprint density at radius 3 is 2.90 bits per heavy atom. The van der Waals surface area contributed by atoms with Crippen molar-refractivity contribution in [3.8, 4) is 0 Å². The number of aromatic nitrogens is 2. The molecule has 0 spiro atoms. The minimum Gasteiger partial charge on any atom is -0.371 e. The lowest BCUT2D eigenvalue weighted by Crippen LogP contribution is -2.37. The van der Waals surface area contributed by atoms with Crippen molar-refractivity contribution in [2.75, 3.05) is 19.7 Å². The maximum atomic E-state index is 5.90. The lowest BCUT2D eigenvalue weighted by atomic mass is 10.1. The summed E-state index contributed by atoms with van der Waals surface area (Å²) in [7, 11) is 0. The van der Waals surface area contributed by atoms with Crippen LogP contribution in [0.1, 0.15) is 24.2 Å². The molecule has 1 aliphatic heterocycles. The molecule has 2 aromatic rings. The van der Waals surface area contributed by atoms with Crippen LogP contribution in [0.2, 0.25) is 0 Å². The first-order chi connectivity index (χ1) is 9.85. The van der Waals surface area contributed by atoms with Crippen LogP contribution in [0.25, 0.3) is 0 Å². The maximum Gasteiger partial charge on any atom is 0.0952 e. The lowest BCUT2D eigenvalue weighted by molar-refractivity contribution is -0.0329. The van der Waals surface area contributed by atoms with E-state index in [-0.39, 0.29) is 6.10 Å². The summed E-state index contributed by atoms with van der Waals surface area (Å²) in [6, 6.07) is 10.5. The molecule has 106 valence electrons. The van der Waals surface area contributed by atoms with Gasteiger partial charge >= 0.3 is 0 Å². The van der Waals surface area contributed by atoms with Gasteiger partial charge in [-0.1, -0.05) is 30.3 Å². The fourth-order valence-electron chi connectivity index (χ4n) is 2.63. The molecule has 1 aromatic heterocycles. The molecule has 1 aliphatic rings. The van der Waals surface area contributed by atoms with Gasteiger partial charge in [0.15, 0.2) is 0 Å². The van der Waals surface area contributed by atoms with E-state index in [9.17, 15) is 0 Å². The predicted octanol–water partition coefficient (Wildman–Crippen LogP) is 2.48. The van der Waals surface area contributed by atoms with E-state index < -0.39 is 0 Å². The van der Waals surface area contributed by atoms with Crippen LogP contribution in [-0.2, 0) is 17.8 Å². The molecule has 1 fully saturated rings. The van der Waals surface area contributed by atoms with Gasteiger partial charge in [0, 0.05) is 37.9 Å². The van der Waals surface area contributed by atoms with E-state index in [0.717, 1.165) is 32.8 Å². The first kappa shape index (κ1) is 13.3. The zero-order valence-electron chi connectivity index (χ0n) is 11.9. The summed E-state index contributed by atoms with van der Waals surface area (Å²) in [5.74, 6) is 0. The molecule has 3 rings (SSSR count). The van der Waals surface area contributed by atoms with E-state index in [2.05, 4.69) is 47.4 Å². The Morgan fingerprint density at radius 2 is 2.15 bits per heavy atom. The Balaban J connectivity index is 1.63. The standard InChI is InChI=1S/C16H21N3O/c1-2-19-12-14(10-17-19)11-18-8-9-20-16(13-18)15-6-4-3-5-7-15/h3-7,10,12,16H,2,8-9,11,13H2,1H3. The number of hydrogen-bond donors (Lipinski definition) is 0. The Morgan fingerprint density at radius 1 is 1.30 bits per heavy atom. The Bertz CT molecular complexity index is 538. The van der Waals surface area contributed by atoms with Crippen molar-refractivity contribution in [3.63, 3.8) is 0 Å². The zero-order valence-corrected chi connectivity index (χ0v) is 11.9. The predicted molar refractivity (Wildman–Crippen MR) is 78.3 cm³/mol. The van der Waals surface area contributed by atoms with Crippen molar-refractivity contribution in [2.45, 2.75) is 26.1 Å². The SMILES string of the molecule is CCn1cc(CN2CCOC(c3ccccc3)C2)cn1. The van der Waals surface area contributed by atoms with Crippen molar-refractivity contribution in [1.29, 1.82) is 0 Å². The molecule has 0 aliphatic carbocycles. The van der Waals surface area contributed by atoms with Crippen molar-refractivity contribution >= 4 is 0 Å². The number of ether oxygens (including phenoxy) is 1. The molecular formula is C16H21N3O. The number of morpholine rings is 1. The highest BCUT2D eigenvalue weighted by molar-refractivity contribution is 5.18. The zero-order chi connectivity index (χ0) is 13.8. The van der Waals surface area contributed by atoms with Crippen LogP contribution in [0.15, 0.2) is 42.7 Å². The van der Waals surface area contributed by atoms with Crippen LogP contribution in [0.4, 0.5) is 0 Å². The number of nitrogens with zero attached hydrogens (tertiary/aromatic N) is 3. The third-order valence-corrected chi connectivity index (χ3v) is 3.74. The van der Waals surface area contributed by atoms with Gasteiger partial charge in [0.2, 0.25) is 0 Å². The molecule has 1 atom stereocenters.